The highest BCUT2D eigenvalue weighted by molar-refractivity contribution is 7.84. The van der Waals surface area contributed by atoms with Gasteiger partial charge in [0, 0.05) is 11.0 Å². The molecular formula is C9H12OS2. The van der Waals surface area contributed by atoms with E-state index in [1.54, 1.807) is 0 Å². The van der Waals surface area contributed by atoms with Crippen LogP contribution in [0.4, 0.5) is 0 Å². The number of para-hydroxylation sites is 1. The molecule has 0 bridgehead atoms. The molecule has 0 aliphatic carbocycles. The molecule has 0 aromatic heterocycles. The monoisotopic (exact) mass is 200 g/mol. The molecular weight excluding hydrogens is 188 g/mol. The second kappa shape index (κ2) is 5.38. The number of hydrogen-bond donors (Lipinski definition) is 2. The molecule has 0 aliphatic heterocycles. The maximum absolute atomic E-state index is 5.43. The van der Waals surface area contributed by atoms with Gasteiger partial charge in [0.1, 0.15) is 12.4 Å². The van der Waals surface area contributed by atoms with Gasteiger partial charge in [-0.15, -0.1) is 0 Å². The van der Waals surface area contributed by atoms with Crippen LogP contribution in [0.3, 0.4) is 0 Å². The van der Waals surface area contributed by atoms with Crippen LogP contribution >= 0.6 is 25.3 Å². The Balaban J connectivity index is 2.33. The van der Waals surface area contributed by atoms with Crippen molar-refractivity contribution in [2.45, 2.75) is 5.25 Å². The third kappa shape index (κ3) is 3.41. The van der Waals surface area contributed by atoms with E-state index in [1.165, 1.54) is 0 Å². The van der Waals surface area contributed by atoms with Crippen molar-refractivity contribution in [3.05, 3.63) is 30.3 Å². The highest BCUT2D eigenvalue weighted by Crippen LogP contribution is 2.09. The predicted octanol–water partition coefficient (Wildman–Crippen LogP) is 2.29. The summed E-state index contributed by atoms with van der Waals surface area (Å²) < 4.78 is 5.43. The molecule has 0 aliphatic rings. The minimum atomic E-state index is 0.202. The Morgan fingerprint density at radius 2 is 1.92 bits per heavy atom. The normalized spacial score (nSPS) is 12.5. The van der Waals surface area contributed by atoms with Crippen LogP contribution in [0.1, 0.15) is 0 Å². The molecule has 1 aromatic rings. The summed E-state index contributed by atoms with van der Waals surface area (Å²) in [5.74, 6) is 1.62. The SMILES string of the molecule is SCC(S)COc1ccccc1. The summed E-state index contributed by atoms with van der Waals surface area (Å²) in [7, 11) is 0. The van der Waals surface area contributed by atoms with Crippen LogP contribution in [0.25, 0.3) is 0 Å². The third-order valence-electron chi connectivity index (χ3n) is 1.40. The first-order chi connectivity index (χ1) is 5.83. The zero-order valence-electron chi connectivity index (χ0n) is 6.68. The Labute approximate surface area is 83.9 Å². The van der Waals surface area contributed by atoms with Crippen molar-refractivity contribution in [1.29, 1.82) is 0 Å². The smallest absolute Gasteiger partial charge is 0.119 e. The molecule has 1 rings (SSSR count). The fourth-order valence-electron chi connectivity index (χ4n) is 0.762. The van der Waals surface area contributed by atoms with Crippen molar-refractivity contribution in [3.63, 3.8) is 0 Å². The highest BCUT2D eigenvalue weighted by Gasteiger charge is 1.99. The molecule has 0 N–H and O–H groups in total. The molecule has 0 radical (unpaired) electrons. The van der Waals surface area contributed by atoms with E-state index in [0.717, 1.165) is 11.5 Å². The largest absolute Gasteiger partial charge is 0.492 e. The molecule has 0 saturated carbocycles. The van der Waals surface area contributed by atoms with Gasteiger partial charge >= 0.3 is 0 Å². The van der Waals surface area contributed by atoms with Gasteiger partial charge in [0.05, 0.1) is 0 Å². The summed E-state index contributed by atoms with van der Waals surface area (Å²) in [6.07, 6.45) is 0. The predicted molar refractivity (Wildman–Crippen MR) is 58.6 cm³/mol. The van der Waals surface area contributed by atoms with Crippen LogP contribution in [0.5, 0.6) is 5.75 Å². The van der Waals surface area contributed by atoms with E-state index in [4.69, 9.17) is 4.74 Å². The number of ether oxygens (including phenoxy) is 1. The lowest BCUT2D eigenvalue weighted by Gasteiger charge is -2.09. The lowest BCUT2D eigenvalue weighted by molar-refractivity contribution is 0.324. The Morgan fingerprint density at radius 1 is 1.25 bits per heavy atom. The van der Waals surface area contributed by atoms with Crippen molar-refractivity contribution in [2.24, 2.45) is 0 Å². The van der Waals surface area contributed by atoms with Crippen LogP contribution < -0.4 is 4.74 Å². The van der Waals surface area contributed by atoms with Gasteiger partial charge in [0.2, 0.25) is 0 Å². The molecule has 1 aromatic carbocycles. The molecule has 1 atom stereocenters. The summed E-state index contributed by atoms with van der Waals surface area (Å²) in [5.41, 5.74) is 0. The van der Waals surface area contributed by atoms with E-state index in [1.807, 2.05) is 30.3 Å². The van der Waals surface area contributed by atoms with Gasteiger partial charge in [0.25, 0.3) is 0 Å². The molecule has 3 heteroatoms. The van der Waals surface area contributed by atoms with Crippen LogP contribution in [0.2, 0.25) is 0 Å². The first-order valence-corrected chi connectivity index (χ1v) is 4.94. The Hall–Kier alpha value is -0.280. The second-order valence-electron chi connectivity index (χ2n) is 2.46. The van der Waals surface area contributed by atoms with E-state index in [0.29, 0.717) is 6.61 Å². The van der Waals surface area contributed by atoms with E-state index in [9.17, 15) is 0 Å². The Morgan fingerprint density at radius 3 is 2.50 bits per heavy atom. The van der Waals surface area contributed by atoms with Crippen molar-refractivity contribution >= 4 is 25.3 Å². The fraction of sp³-hybridized carbons (Fsp3) is 0.333. The summed E-state index contributed by atoms with van der Waals surface area (Å²) in [6.45, 7) is 0.608. The second-order valence-corrected chi connectivity index (χ2v) is 3.56. The fourth-order valence-corrected chi connectivity index (χ4v) is 0.942. The Bertz CT molecular complexity index is 213. The highest BCUT2D eigenvalue weighted by atomic mass is 32.1. The molecule has 12 heavy (non-hydrogen) atoms. The van der Waals surface area contributed by atoms with Crippen molar-refractivity contribution in [2.75, 3.05) is 12.4 Å². The quantitative estimate of drug-likeness (QED) is 0.709. The average molecular weight is 200 g/mol. The summed E-state index contributed by atoms with van der Waals surface area (Å²) >= 11 is 8.36. The minimum Gasteiger partial charge on any atom is -0.492 e. The van der Waals surface area contributed by atoms with Gasteiger partial charge in [-0.3, -0.25) is 0 Å². The summed E-state index contributed by atoms with van der Waals surface area (Å²) in [6, 6.07) is 9.72. The lowest BCUT2D eigenvalue weighted by Crippen LogP contribution is -2.12. The topological polar surface area (TPSA) is 9.23 Å². The molecule has 0 saturated heterocycles. The van der Waals surface area contributed by atoms with Crippen LogP contribution in [-0.4, -0.2) is 17.6 Å². The van der Waals surface area contributed by atoms with Crippen molar-refractivity contribution < 1.29 is 4.74 Å². The van der Waals surface area contributed by atoms with E-state index < -0.39 is 0 Å². The standard InChI is InChI=1S/C9H12OS2/c11-7-9(12)6-10-8-4-2-1-3-5-8/h1-5,9,11-12H,6-7H2. The Kier molecular flexibility index (Phi) is 4.40. The number of thiol groups is 2. The summed E-state index contributed by atoms with van der Waals surface area (Å²) in [4.78, 5) is 0. The van der Waals surface area contributed by atoms with Gasteiger partial charge in [-0.1, -0.05) is 18.2 Å². The van der Waals surface area contributed by atoms with E-state index in [2.05, 4.69) is 25.3 Å². The van der Waals surface area contributed by atoms with Gasteiger partial charge in [0.15, 0.2) is 0 Å². The minimum absolute atomic E-state index is 0.202. The van der Waals surface area contributed by atoms with Gasteiger partial charge in [-0.25, -0.2) is 0 Å². The number of rotatable bonds is 4. The van der Waals surface area contributed by atoms with Crippen LogP contribution in [0, 0.1) is 0 Å². The van der Waals surface area contributed by atoms with Crippen molar-refractivity contribution in [1.82, 2.24) is 0 Å². The molecule has 0 amide bonds. The van der Waals surface area contributed by atoms with E-state index in [-0.39, 0.29) is 5.25 Å². The van der Waals surface area contributed by atoms with Gasteiger partial charge in [-0.05, 0) is 12.1 Å². The zero-order valence-corrected chi connectivity index (χ0v) is 8.47. The van der Waals surface area contributed by atoms with E-state index >= 15 is 0 Å². The lowest BCUT2D eigenvalue weighted by atomic mass is 10.3. The molecule has 0 heterocycles. The molecule has 1 nitrogen and oxygen atoms in total. The zero-order chi connectivity index (χ0) is 8.81. The third-order valence-corrected chi connectivity index (χ3v) is 2.46. The molecule has 66 valence electrons. The maximum atomic E-state index is 5.43. The van der Waals surface area contributed by atoms with Gasteiger partial charge < -0.3 is 4.74 Å². The van der Waals surface area contributed by atoms with Crippen LogP contribution in [-0.2, 0) is 0 Å². The maximum Gasteiger partial charge on any atom is 0.119 e. The first kappa shape index (κ1) is 9.81. The van der Waals surface area contributed by atoms with Gasteiger partial charge in [-0.2, -0.15) is 25.3 Å². The van der Waals surface area contributed by atoms with Crippen molar-refractivity contribution in [3.8, 4) is 5.75 Å². The molecule has 0 fully saturated rings. The summed E-state index contributed by atoms with van der Waals surface area (Å²) in [5, 5.41) is 0.202. The number of hydrogen-bond acceptors (Lipinski definition) is 3. The number of benzene rings is 1. The first-order valence-electron chi connectivity index (χ1n) is 3.79. The average Bonchev–Trinajstić information content (AvgIpc) is 2.16. The molecule has 0 spiro atoms. The molecule has 1 unspecified atom stereocenters. The van der Waals surface area contributed by atoms with Crippen LogP contribution in [0.15, 0.2) is 30.3 Å².